The largest absolute Gasteiger partial charge is 0.439 e. The van der Waals surface area contributed by atoms with Gasteiger partial charge in [0.05, 0.1) is 5.60 Å². The molecule has 200 valence electrons. The summed E-state index contributed by atoms with van der Waals surface area (Å²) in [5, 5.41) is 0. The van der Waals surface area contributed by atoms with Crippen LogP contribution in [0.2, 0.25) is 0 Å². The number of benzene rings is 4. The molecular formula is C35H36BN3O. The molecule has 0 saturated carbocycles. The quantitative estimate of drug-likeness (QED) is 0.184. The van der Waals surface area contributed by atoms with Crippen LogP contribution in [0.4, 0.5) is 0 Å². The van der Waals surface area contributed by atoms with E-state index in [0.29, 0.717) is 17.5 Å². The van der Waals surface area contributed by atoms with E-state index in [1.54, 1.807) is 8.05 Å². The summed E-state index contributed by atoms with van der Waals surface area (Å²) < 4.78 is 5.78. The van der Waals surface area contributed by atoms with Crippen molar-refractivity contribution in [1.29, 1.82) is 0 Å². The zero-order valence-corrected chi connectivity index (χ0v) is 24.1. The number of rotatable bonds is 9. The lowest BCUT2D eigenvalue weighted by atomic mass is 9.73. The molecule has 0 amide bonds. The number of aryl methyl sites for hydroxylation is 1. The molecule has 0 unspecified atom stereocenters. The standard InChI is InChI=1S/C35H36BN3O/c1-34(2,35(3,4)40-36)23-22-25-12-11-17-30(24-25)26-18-20-29(21-19-26)33-38-31(27-13-7-5-8-14-27)37-32(39-33)28-15-9-6-10-16-28/h5-21,24H,22-23,36H2,1-4H3. The molecule has 1 aromatic heterocycles. The smallest absolute Gasteiger partial charge is 0.258 e. The molecule has 0 aliphatic carbocycles. The first-order valence-electron chi connectivity index (χ1n) is 13.9. The number of nitrogens with zero attached hydrogens (tertiary/aromatic N) is 3. The van der Waals surface area contributed by atoms with Gasteiger partial charge in [-0.25, -0.2) is 15.0 Å². The lowest BCUT2D eigenvalue weighted by molar-refractivity contribution is -0.00930. The van der Waals surface area contributed by atoms with Gasteiger partial charge in [0.1, 0.15) is 0 Å². The summed E-state index contributed by atoms with van der Waals surface area (Å²) in [5.74, 6) is 2.00. The molecule has 5 rings (SSSR count). The van der Waals surface area contributed by atoms with E-state index in [4.69, 9.17) is 19.6 Å². The third kappa shape index (κ3) is 6.05. The van der Waals surface area contributed by atoms with Gasteiger partial charge >= 0.3 is 0 Å². The molecule has 5 aromatic rings. The zero-order chi connectivity index (χ0) is 28.2. The van der Waals surface area contributed by atoms with E-state index in [0.717, 1.165) is 29.5 Å². The Labute approximate surface area is 239 Å². The van der Waals surface area contributed by atoms with Gasteiger partial charge in [-0.1, -0.05) is 123 Å². The van der Waals surface area contributed by atoms with Gasteiger partial charge < -0.3 is 4.65 Å². The highest BCUT2D eigenvalue weighted by molar-refractivity contribution is 5.98. The Morgan fingerprint density at radius 2 is 1.00 bits per heavy atom. The van der Waals surface area contributed by atoms with Crippen LogP contribution in [0.15, 0.2) is 109 Å². The van der Waals surface area contributed by atoms with Gasteiger partial charge in [0.15, 0.2) is 17.5 Å². The van der Waals surface area contributed by atoms with Gasteiger partial charge in [-0.05, 0) is 48.8 Å². The highest BCUT2D eigenvalue weighted by atomic mass is 16.4. The number of hydrogen-bond donors (Lipinski definition) is 0. The highest BCUT2D eigenvalue weighted by Crippen LogP contribution is 2.37. The van der Waals surface area contributed by atoms with Crippen LogP contribution in [0.1, 0.15) is 39.7 Å². The van der Waals surface area contributed by atoms with Crippen LogP contribution in [0, 0.1) is 5.41 Å². The molecule has 4 aromatic carbocycles. The van der Waals surface area contributed by atoms with Crippen molar-refractivity contribution in [3.05, 3.63) is 115 Å². The number of aromatic nitrogens is 3. The monoisotopic (exact) mass is 525 g/mol. The molecule has 40 heavy (non-hydrogen) atoms. The Hall–Kier alpha value is -4.09. The second-order valence-corrected chi connectivity index (χ2v) is 11.4. The van der Waals surface area contributed by atoms with Crippen LogP contribution in [0.3, 0.4) is 0 Å². The van der Waals surface area contributed by atoms with Crippen molar-refractivity contribution in [2.75, 3.05) is 0 Å². The van der Waals surface area contributed by atoms with Crippen LogP contribution in [0.25, 0.3) is 45.3 Å². The third-order valence-corrected chi connectivity index (χ3v) is 8.28. The first-order valence-corrected chi connectivity index (χ1v) is 13.9. The average Bonchev–Trinajstić information content (AvgIpc) is 3.01. The van der Waals surface area contributed by atoms with Crippen LogP contribution >= 0.6 is 0 Å². The van der Waals surface area contributed by atoms with Gasteiger partial charge in [-0.2, -0.15) is 0 Å². The maximum Gasteiger partial charge on any atom is 0.258 e. The maximum absolute atomic E-state index is 5.78. The Balaban J connectivity index is 1.42. The zero-order valence-electron chi connectivity index (χ0n) is 24.1. The topological polar surface area (TPSA) is 47.9 Å². The van der Waals surface area contributed by atoms with Crippen molar-refractivity contribution in [3.8, 4) is 45.3 Å². The van der Waals surface area contributed by atoms with E-state index in [1.807, 2.05) is 60.7 Å². The molecule has 0 aliphatic heterocycles. The summed E-state index contributed by atoms with van der Waals surface area (Å²) in [5.41, 5.74) is 6.47. The second-order valence-electron chi connectivity index (χ2n) is 11.4. The van der Waals surface area contributed by atoms with Gasteiger partial charge in [-0.3, -0.25) is 0 Å². The minimum absolute atomic E-state index is 0.0567. The summed E-state index contributed by atoms with van der Waals surface area (Å²) >= 11 is 0. The predicted octanol–water partition coefficient (Wildman–Crippen LogP) is 7.84. The molecule has 1 heterocycles. The molecular weight excluding hydrogens is 489 g/mol. The molecule has 5 heteroatoms. The van der Waals surface area contributed by atoms with Crippen molar-refractivity contribution in [2.45, 2.75) is 46.1 Å². The van der Waals surface area contributed by atoms with Crippen LogP contribution in [-0.4, -0.2) is 28.6 Å². The van der Waals surface area contributed by atoms with E-state index in [-0.39, 0.29) is 11.0 Å². The van der Waals surface area contributed by atoms with E-state index < -0.39 is 0 Å². The van der Waals surface area contributed by atoms with E-state index >= 15 is 0 Å². The fourth-order valence-electron chi connectivity index (χ4n) is 4.69. The third-order valence-electron chi connectivity index (χ3n) is 8.28. The van der Waals surface area contributed by atoms with Crippen molar-refractivity contribution < 1.29 is 4.65 Å². The SMILES string of the molecule is BOC(C)(C)C(C)(C)CCc1cccc(-c2ccc(-c3nc(-c4ccccc4)nc(-c4ccccc4)n3)cc2)c1. The first-order chi connectivity index (χ1) is 19.3. The summed E-state index contributed by atoms with van der Waals surface area (Å²) in [6.45, 7) is 8.91. The van der Waals surface area contributed by atoms with Gasteiger partial charge in [0.2, 0.25) is 0 Å². The van der Waals surface area contributed by atoms with Crippen molar-refractivity contribution >= 4 is 8.05 Å². The molecule has 0 fully saturated rings. The van der Waals surface area contributed by atoms with E-state index in [9.17, 15) is 0 Å². The Kier molecular flexibility index (Phi) is 7.95. The lowest BCUT2D eigenvalue weighted by Gasteiger charge is -2.41. The lowest BCUT2D eigenvalue weighted by Crippen LogP contribution is -2.41. The average molecular weight is 526 g/mol. The Bertz CT molecular complexity index is 1510. The molecule has 0 saturated heterocycles. The molecule has 4 nitrogen and oxygen atoms in total. The highest BCUT2D eigenvalue weighted by Gasteiger charge is 2.35. The van der Waals surface area contributed by atoms with Gasteiger partial charge in [-0.15, -0.1) is 0 Å². The molecule has 0 atom stereocenters. The molecule has 0 aliphatic rings. The van der Waals surface area contributed by atoms with Crippen molar-refractivity contribution in [2.24, 2.45) is 5.41 Å². The van der Waals surface area contributed by atoms with Crippen LogP contribution < -0.4 is 0 Å². The van der Waals surface area contributed by atoms with Crippen LogP contribution in [0.5, 0.6) is 0 Å². The minimum Gasteiger partial charge on any atom is -0.439 e. The predicted molar refractivity (Wildman–Crippen MR) is 167 cm³/mol. The first kappa shape index (κ1) is 27.5. The van der Waals surface area contributed by atoms with E-state index in [1.165, 1.54) is 16.7 Å². The van der Waals surface area contributed by atoms with Crippen molar-refractivity contribution in [3.63, 3.8) is 0 Å². The van der Waals surface area contributed by atoms with Gasteiger partial charge in [0, 0.05) is 16.7 Å². The fraction of sp³-hybridized carbons (Fsp3) is 0.229. The molecule has 0 radical (unpaired) electrons. The van der Waals surface area contributed by atoms with Crippen molar-refractivity contribution in [1.82, 2.24) is 15.0 Å². The molecule has 0 N–H and O–H groups in total. The van der Waals surface area contributed by atoms with Crippen LogP contribution in [-0.2, 0) is 11.1 Å². The number of hydrogen-bond acceptors (Lipinski definition) is 4. The Morgan fingerprint density at radius 3 is 1.50 bits per heavy atom. The Morgan fingerprint density at radius 1 is 0.550 bits per heavy atom. The van der Waals surface area contributed by atoms with Gasteiger partial charge in [0.25, 0.3) is 8.05 Å². The molecule has 0 bridgehead atoms. The van der Waals surface area contributed by atoms with E-state index in [2.05, 4.69) is 76.2 Å². The summed E-state index contributed by atoms with van der Waals surface area (Å²) in [6.07, 6.45) is 2.05. The summed E-state index contributed by atoms with van der Waals surface area (Å²) in [6, 6.07) is 37.5. The second kappa shape index (κ2) is 11.6. The normalized spacial score (nSPS) is 11.9. The minimum atomic E-state index is -0.184. The summed E-state index contributed by atoms with van der Waals surface area (Å²) in [7, 11) is 1.80. The molecule has 0 spiro atoms. The summed E-state index contributed by atoms with van der Waals surface area (Å²) in [4.78, 5) is 14.5. The maximum atomic E-state index is 5.78. The fourth-order valence-corrected chi connectivity index (χ4v) is 4.69.